The highest BCUT2D eigenvalue weighted by molar-refractivity contribution is 6.31. The zero-order valence-corrected chi connectivity index (χ0v) is 11.7. The van der Waals surface area contributed by atoms with E-state index >= 15 is 0 Å². The van der Waals surface area contributed by atoms with Gasteiger partial charge in [-0.3, -0.25) is 0 Å². The third-order valence-electron chi connectivity index (χ3n) is 2.88. The van der Waals surface area contributed by atoms with Gasteiger partial charge in [-0.1, -0.05) is 51.4 Å². The number of benzene rings is 1. The van der Waals surface area contributed by atoms with E-state index in [1.807, 2.05) is 7.05 Å². The van der Waals surface area contributed by atoms with Crippen LogP contribution in [0.2, 0.25) is 5.02 Å². The van der Waals surface area contributed by atoms with Crippen LogP contribution in [0.3, 0.4) is 0 Å². The second kappa shape index (κ2) is 5.20. The van der Waals surface area contributed by atoms with Gasteiger partial charge in [0.15, 0.2) is 0 Å². The van der Waals surface area contributed by atoms with Crippen LogP contribution in [0.15, 0.2) is 18.2 Å². The number of rotatable bonds is 3. The Morgan fingerprint density at radius 1 is 1.31 bits per heavy atom. The molecule has 0 aliphatic rings. The van der Waals surface area contributed by atoms with Crippen LogP contribution < -0.4 is 5.32 Å². The molecule has 1 N–H and O–H groups in total. The highest BCUT2D eigenvalue weighted by Gasteiger charge is 2.18. The lowest BCUT2D eigenvalue weighted by atomic mass is 9.85. The third-order valence-corrected chi connectivity index (χ3v) is 3.19. The summed E-state index contributed by atoms with van der Waals surface area (Å²) in [7, 11) is 1.97. The molecule has 16 heavy (non-hydrogen) atoms. The van der Waals surface area contributed by atoms with Gasteiger partial charge in [0.2, 0.25) is 0 Å². The zero-order valence-electron chi connectivity index (χ0n) is 10.9. The van der Waals surface area contributed by atoms with Gasteiger partial charge in [-0.25, -0.2) is 0 Å². The second-order valence-electron chi connectivity index (χ2n) is 5.45. The van der Waals surface area contributed by atoms with Crippen LogP contribution in [0.1, 0.15) is 44.7 Å². The Hall–Kier alpha value is -0.530. The lowest BCUT2D eigenvalue weighted by Gasteiger charge is -2.22. The average molecular weight is 240 g/mol. The van der Waals surface area contributed by atoms with Crippen molar-refractivity contribution in [3.63, 3.8) is 0 Å². The molecular formula is C14H22ClN. The molecule has 0 bridgehead atoms. The van der Waals surface area contributed by atoms with Crippen molar-refractivity contribution in [2.45, 2.75) is 39.0 Å². The molecule has 1 atom stereocenters. The highest BCUT2D eigenvalue weighted by atomic mass is 35.5. The minimum atomic E-state index is 0.113. The van der Waals surface area contributed by atoms with Crippen molar-refractivity contribution < 1.29 is 0 Å². The van der Waals surface area contributed by atoms with Crippen molar-refractivity contribution in [2.75, 3.05) is 13.6 Å². The summed E-state index contributed by atoms with van der Waals surface area (Å²) < 4.78 is 0. The number of likely N-dealkylation sites (N-methyl/N-ethyl adjacent to an activating group) is 1. The lowest BCUT2D eigenvalue weighted by Crippen LogP contribution is -2.16. The van der Waals surface area contributed by atoms with E-state index in [0.29, 0.717) is 5.92 Å². The summed E-state index contributed by atoms with van der Waals surface area (Å²) in [5.74, 6) is 0.497. The number of hydrogen-bond acceptors (Lipinski definition) is 1. The monoisotopic (exact) mass is 239 g/mol. The Morgan fingerprint density at radius 3 is 2.38 bits per heavy atom. The maximum atomic E-state index is 6.34. The maximum absolute atomic E-state index is 6.34. The molecular weight excluding hydrogens is 218 g/mol. The Labute approximate surface area is 104 Å². The van der Waals surface area contributed by atoms with E-state index in [9.17, 15) is 0 Å². The topological polar surface area (TPSA) is 12.0 Å². The summed E-state index contributed by atoms with van der Waals surface area (Å²) in [4.78, 5) is 0. The van der Waals surface area contributed by atoms with Crippen molar-refractivity contribution in [2.24, 2.45) is 0 Å². The van der Waals surface area contributed by atoms with E-state index in [1.165, 1.54) is 11.1 Å². The lowest BCUT2D eigenvalue weighted by molar-refractivity contribution is 0.589. The molecule has 0 aromatic heterocycles. The van der Waals surface area contributed by atoms with E-state index in [2.05, 4.69) is 51.2 Å². The predicted octanol–water partition coefficient (Wildman–Crippen LogP) is 3.96. The summed E-state index contributed by atoms with van der Waals surface area (Å²) in [5.41, 5.74) is 2.63. The Morgan fingerprint density at radius 2 is 1.94 bits per heavy atom. The van der Waals surface area contributed by atoms with E-state index in [1.54, 1.807) is 0 Å². The summed E-state index contributed by atoms with van der Waals surface area (Å²) >= 11 is 6.34. The first-order valence-electron chi connectivity index (χ1n) is 5.80. The van der Waals surface area contributed by atoms with E-state index in [4.69, 9.17) is 11.6 Å². The van der Waals surface area contributed by atoms with Crippen molar-refractivity contribution in [1.82, 2.24) is 5.32 Å². The van der Waals surface area contributed by atoms with E-state index in [0.717, 1.165) is 11.6 Å². The molecule has 2 heteroatoms. The molecule has 1 aromatic rings. The predicted molar refractivity (Wildman–Crippen MR) is 72.5 cm³/mol. The summed E-state index contributed by atoms with van der Waals surface area (Å²) in [5, 5.41) is 4.07. The molecule has 0 saturated heterocycles. The fraction of sp³-hybridized carbons (Fsp3) is 0.571. The fourth-order valence-electron chi connectivity index (χ4n) is 1.87. The first kappa shape index (κ1) is 13.5. The minimum Gasteiger partial charge on any atom is -0.319 e. The van der Waals surface area contributed by atoms with Crippen molar-refractivity contribution in [3.05, 3.63) is 34.3 Å². The van der Waals surface area contributed by atoms with Gasteiger partial charge in [-0.05, 0) is 35.6 Å². The molecule has 0 saturated carbocycles. The van der Waals surface area contributed by atoms with Crippen LogP contribution >= 0.6 is 11.6 Å². The van der Waals surface area contributed by atoms with Crippen LogP contribution in [0.25, 0.3) is 0 Å². The summed E-state index contributed by atoms with van der Waals surface area (Å²) in [6.07, 6.45) is 0. The molecule has 0 aliphatic carbocycles. The molecule has 0 heterocycles. The van der Waals surface area contributed by atoms with Gasteiger partial charge < -0.3 is 5.32 Å². The van der Waals surface area contributed by atoms with Crippen LogP contribution in [0.4, 0.5) is 0 Å². The van der Waals surface area contributed by atoms with Gasteiger partial charge in [0.1, 0.15) is 0 Å². The zero-order chi connectivity index (χ0) is 12.3. The van der Waals surface area contributed by atoms with Gasteiger partial charge in [-0.2, -0.15) is 0 Å². The van der Waals surface area contributed by atoms with E-state index < -0.39 is 0 Å². The molecule has 1 rings (SSSR count). The van der Waals surface area contributed by atoms with Crippen LogP contribution in [0, 0.1) is 0 Å². The summed E-state index contributed by atoms with van der Waals surface area (Å²) in [6.45, 7) is 9.74. The van der Waals surface area contributed by atoms with Crippen molar-refractivity contribution >= 4 is 11.6 Å². The van der Waals surface area contributed by atoms with Gasteiger partial charge in [0.25, 0.3) is 0 Å². The summed E-state index contributed by atoms with van der Waals surface area (Å²) in [6, 6.07) is 6.45. The normalized spacial score (nSPS) is 13.9. The van der Waals surface area contributed by atoms with Crippen molar-refractivity contribution in [3.8, 4) is 0 Å². The van der Waals surface area contributed by atoms with Crippen molar-refractivity contribution in [1.29, 1.82) is 0 Å². The molecule has 0 aliphatic heterocycles. The van der Waals surface area contributed by atoms with Gasteiger partial charge in [-0.15, -0.1) is 0 Å². The second-order valence-corrected chi connectivity index (χ2v) is 5.86. The molecule has 0 spiro atoms. The maximum Gasteiger partial charge on any atom is 0.0446 e. The molecule has 1 unspecified atom stereocenters. The Kier molecular flexibility index (Phi) is 4.40. The quantitative estimate of drug-likeness (QED) is 0.842. The molecule has 0 radical (unpaired) electrons. The first-order valence-corrected chi connectivity index (χ1v) is 6.18. The highest BCUT2D eigenvalue weighted by Crippen LogP contribution is 2.31. The molecule has 1 aromatic carbocycles. The minimum absolute atomic E-state index is 0.113. The molecule has 90 valence electrons. The first-order chi connectivity index (χ1) is 7.36. The number of halogens is 1. The van der Waals surface area contributed by atoms with Crippen LogP contribution in [0.5, 0.6) is 0 Å². The van der Waals surface area contributed by atoms with Crippen LogP contribution in [-0.2, 0) is 5.41 Å². The SMILES string of the molecule is CNCC(C)c1ccc(C(C)(C)C)c(Cl)c1. The van der Waals surface area contributed by atoms with Gasteiger partial charge >= 0.3 is 0 Å². The largest absolute Gasteiger partial charge is 0.319 e. The Bertz CT molecular complexity index is 352. The molecule has 0 fully saturated rings. The smallest absolute Gasteiger partial charge is 0.0446 e. The third kappa shape index (κ3) is 3.23. The molecule has 0 amide bonds. The fourth-order valence-corrected chi connectivity index (χ4v) is 2.34. The Balaban J connectivity index is 3.00. The number of hydrogen-bond donors (Lipinski definition) is 1. The number of nitrogens with one attached hydrogen (secondary N) is 1. The standard InChI is InChI=1S/C14H22ClN/c1-10(9-16-5)11-6-7-12(13(15)8-11)14(2,3)4/h6-8,10,16H,9H2,1-5H3. The van der Waals surface area contributed by atoms with Gasteiger partial charge in [0, 0.05) is 11.6 Å². The molecule has 1 nitrogen and oxygen atoms in total. The van der Waals surface area contributed by atoms with Crippen LogP contribution in [-0.4, -0.2) is 13.6 Å². The average Bonchev–Trinajstić information content (AvgIpc) is 2.16. The van der Waals surface area contributed by atoms with E-state index in [-0.39, 0.29) is 5.41 Å². The van der Waals surface area contributed by atoms with Gasteiger partial charge in [0.05, 0.1) is 0 Å².